The molecule has 112 valence electrons. The number of hydrogen-bond donors (Lipinski definition) is 2. The van der Waals surface area contributed by atoms with Crippen molar-refractivity contribution in [2.75, 3.05) is 10.5 Å². The molecule has 0 saturated carbocycles. The van der Waals surface area contributed by atoms with Crippen molar-refractivity contribution in [2.24, 2.45) is 0 Å². The summed E-state index contributed by atoms with van der Waals surface area (Å²) < 4.78 is 28.0. The van der Waals surface area contributed by atoms with Crippen LogP contribution in [0, 0.1) is 6.92 Å². The molecular formula is C13H11BrCl2N2O2S. The van der Waals surface area contributed by atoms with Crippen LogP contribution >= 0.6 is 39.1 Å². The van der Waals surface area contributed by atoms with Crippen LogP contribution in [0.2, 0.25) is 10.0 Å². The Hall–Kier alpha value is -0.950. The smallest absolute Gasteiger partial charge is 0.262 e. The molecule has 0 aliphatic rings. The first kappa shape index (κ1) is 16.4. The lowest BCUT2D eigenvalue weighted by atomic mass is 10.2. The Kier molecular flexibility index (Phi) is 4.72. The maximum Gasteiger partial charge on any atom is 0.262 e. The third-order valence-corrected chi connectivity index (χ3v) is 5.33. The number of benzene rings is 2. The molecule has 0 aliphatic carbocycles. The highest BCUT2D eigenvalue weighted by Crippen LogP contribution is 2.31. The zero-order chi connectivity index (χ0) is 15.8. The molecule has 0 spiro atoms. The van der Waals surface area contributed by atoms with Gasteiger partial charge in [0.05, 0.1) is 15.6 Å². The van der Waals surface area contributed by atoms with Gasteiger partial charge < -0.3 is 5.73 Å². The summed E-state index contributed by atoms with van der Waals surface area (Å²) >= 11 is 15.0. The third-order valence-electron chi connectivity index (χ3n) is 2.83. The van der Waals surface area contributed by atoms with Gasteiger partial charge >= 0.3 is 0 Å². The quantitative estimate of drug-likeness (QED) is 0.735. The van der Waals surface area contributed by atoms with Crippen molar-refractivity contribution >= 4 is 60.5 Å². The van der Waals surface area contributed by atoms with Gasteiger partial charge in [-0.05, 0) is 42.8 Å². The van der Waals surface area contributed by atoms with Crippen molar-refractivity contribution in [3.63, 3.8) is 0 Å². The normalized spacial score (nSPS) is 11.4. The fourth-order valence-electron chi connectivity index (χ4n) is 1.73. The molecule has 0 heterocycles. The molecule has 0 saturated heterocycles. The second kappa shape index (κ2) is 6.04. The Bertz CT molecular complexity index is 810. The predicted molar refractivity (Wildman–Crippen MR) is 90.6 cm³/mol. The summed E-state index contributed by atoms with van der Waals surface area (Å²) in [6.45, 7) is 1.64. The lowest BCUT2D eigenvalue weighted by Gasteiger charge is -2.13. The topological polar surface area (TPSA) is 72.2 Å². The number of nitrogens with one attached hydrogen (secondary N) is 1. The van der Waals surface area contributed by atoms with E-state index in [1.807, 2.05) is 0 Å². The minimum Gasteiger partial charge on any atom is -0.398 e. The zero-order valence-electron chi connectivity index (χ0n) is 10.8. The highest BCUT2D eigenvalue weighted by atomic mass is 79.9. The van der Waals surface area contributed by atoms with Crippen molar-refractivity contribution in [3.8, 4) is 0 Å². The fourth-order valence-corrected chi connectivity index (χ4v) is 4.24. The van der Waals surface area contributed by atoms with Gasteiger partial charge in [-0.15, -0.1) is 0 Å². The van der Waals surface area contributed by atoms with Gasteiger partial charge in [0, 0.05) is 15.2 Å². The lowest BCUT2D eigenvalue weighted by Crippen LogP contribution is -2.15. The van der Waals surface area contributed by atoms with E-state index in [0.717, 1.165) is 0 Å². The molecule has 0 amide bonds. The van der Waals surface area contributed by atoms with E-state index >= 15 is 0 Å². The van der Waals surface area contributed by atoms with Crippen molar-refractivity contribution in [3.05, 3.63) is 50.4 Å². The van der Waals surface area contributed by atoms with Crippen LogP contribution in [0.25, 0.3) is 0 Å². The monoisotopic (exact) mass is 408 g/mol. The third kappa shape index (κ3) is 3.63. The van der Waals surface area contributed by atoms with E-state index in [4.69, 9.17) is 28.9 Å². The second-order valence-corrected chi connectivity index (χ2v) is 7.76. The molecule has 0 aliphatic heterocycles. The van der Waals surface area contributed by atoms with E-state index in [9.17, 15) is 8.42 Å². The number of sulfonamides is 1. The largest absolute Gasteiger partial charge is 0.398 e. The van der Waals surface area contributed by atoms with Gasteiger partial charge in [0.15, 0.2) is 0 Å². The SMILES string of the molecule is Cc1c(N)cc(Br)cc1S(=O)(=O)Nc1ccc(Cl)cc1Cl. The van der Waals surface area contributed by atoms with Gasteiger partial charge in [-0.25, -0.2) is 8.42 Å². The number of rotatable bonds is 3. The van der Waals surface area contributed by atoms with Gasteiger partial charge in [0.2, 0.25) is 0 Å². The Balaban J connectivity index is 2.48. The molecule has 3 N–H and O–H groups in total. The maximum absolute atomic E-state index is 12.5. The van der Waals surface area contributed by atoms with Crippen LogP contribution in [0.3, 0.4) is 0 Å². The fraction of sp³-hybridized carbons (Fsp3) is 0.0769. The first-order valence-electron chi connectivity index (χ1n) is 5.74. The molecule has 0 radical (unpaired) electrons. The summed E-state index contributed by atoms with van der Waals surface area (Å²) in [7, 11) is -3.81. The second-order valence-electron chi connectivity index (χ2n) is 4.35. The van der Waals surface area contributed by atoms with Crippen LogP contribution < -0.4 is 10.5 Å². The highest BCUT2D eigenvalue weighted by Gasteiger charge is 2.20. The van der Waals surface area contributed by atoms with Crippen LogP contribution in [0.5, 0.6) is 0 Å². The standard InChI is InChI=1S/C13H11BrCl2N2O2S/c1-7-11(17)4-8(14)5-13(7)21(19,20)18-12-3-2-9(15)6-10(12)16/h2-6,18H,17H2,1H3. The molecule has 0 atom stereocenters. The number of nitrogen functional groups attached to an aromatic ring is 1. The van der Waals surface area contributed by atoms with Crippen LogP contribution in [0.4, 0.5) is 11.4 Å². The minimum atomic E-state index is -3.81. The predicted octanol–water partition coefficient (Wildman–Crippen LogP) is 4.45. The van der Waals surface area contributed by atoms with Crippen molar-refractivity contribution in [1.82, 2.24) is 0 Å². The summed E-state index contributed by atoms with van der Waals surface area (Å²) in [5.41, 5.74) is 6.89. The number of nitrogens with two attached hydrogens (primary N) is 1. The maximum atomic E-state index is 12.5. The molecule has 2 aromatic carbocycles. The Morgan fingerprint density at radius 3 is 2.48 bits per heavy atom. The molecule has 8 heteroatoms. The Morgan fingerprint density at radius 1 is 1.19 bits per heavy atom. The summed E-state index contributed by atoms with van der Waals surface area (Å²) in [5, 5.41) is 0.637. The Morgan fingerprint density at radius 2 is 1.86 bits per heavy atom. The molecule has 0 aromatic heterocycles. The van der Waals surface area contributed by atoms with Crippen molar-refractivity contribution in [2.45, 2.75) is 11.8 Å². The summed E-state index contributed by atoms with van der Waals surface area (Å²) in [6, 6.07) is 7.64. The minimum absolute atomic E-state index is 0.0837. The van der Waals surface area contributed by atoms with Crippen LogP contribution in [0.1, 0.15) is 5.56 Å². The Labute approximate surface area is 141 Å². The lowest BCUT2D eigenvalue weighted by molar-refractivity contribution is 0.600. The number of anilines is 2. The first-order chi connectivity index (χ1) is 9.70. The molecular weight excluding hydrogens is 399 g/mol. The van der Waals surface area contributed by atoms with E-state index in [1.165, 1.54) is 18.2 Å². The molecule has 0 bridgehead atoms. The molecule has 0 unspecified atom stereocenters. The zero-order valence-corrected chi connectivity index (χ0v) is 14.7. The molecule has 4 nitrogen and oxygen atoms in total. The number of hydrogen-bond acceptors (Lipinski definition) is 3. The van der Waals surface area contributed by atoms with Gasteiger partial charge in [-0.2, -0.15) is 0 Å². The van der Waals surface area contributed by atoms with E-state index in [1.54, 1.807) is 19.1 Å². The molecule has 2 rings (SSSR count). The van der Waals surface area contributed by atoms with Gasteiger partial charge in [0.25, 0.3) is 10.0 Å². The van der Waals surface area contributed by atoms with Gasteiger partial charge in [0.1, 0.15) is 0 Å². The molecule has 0 fully saturated rings. The average molecular weight is 410 g/mol. The van der Waals surface area contributed by atoms with E-state index < -0.39 is 10.0 Å². The first-order valence-corrected chi connectivity index (χ1v) is 8.77. The average Bonchev–Trinajstić information content (AvgIpc) is 2.37. The highest BCUT2D eigenvalue weighted by molar-refractivity contribution is 9.10. The van der Waals surface area contributed by atoms with Crippen LogP contribution in [-0.2, 0) is 10.0 Å². The summed E-state index contributed by atoms with van der Waals surface area (Å²) in [6.07, 6.45) is 0. The summed E-state index contributed by atoms with van der Waals surface area (Å²) in [4.78, 5) is 0.0837. The van der Waals surface area contributed by atoms with E-state index in [-0.39, 0.29) is 15.6 Å². The van der Waals surface area contributed by atoms with Crippen molar-refractivity contribution < 1.29 is 8.42 Å². The van der Waals surface area contributed by atoms with E-state index in [0.29, 0.717) is 20.7 Å². The summed E-state index contributed by atoms with van der Waals surface area (Å²) in [5.74, 6) is 0. The van der Waals surface area contributed by atoms with E-state index in [2.05, 4.69) is 20.7 Å². The van der Waals surface area contributed by atoms with Crippen molar-refractivity contribution in [1.29, 1.82) is 0 Å². The number of halogens is 3. The van der Waals surface area contributed by atoms with Gasteiger partial charge in [-0.3, -0.25) is 4.72 Å². The molecule has 21 heavy (non-hydrogen) atoms. The van der Waals surface area contributed by atoms with Gasteiger partial charge in [-0.1, -0.05) is 39.1 Å². The van der Waals surface area contributed by atoms with Crippen LogP contribution in [-0.4, -0.2) is 8.42 Å². The van der Waals surface area contributed by atoms with Crippen LogP contribution in [0.15, 0.2) is 39.7 Å². The molecule has 2 aromatic rings.